The maximum atomic E-state index is 5.76. The number of hydrogen-bond acceptors (Lipinski definition) is 4. The number of nitrogens with zero attached hydrogens (tertiary/aromatic N) is 3. The van der Waals surface area contributed by atoms with E-state index in [4.69, 9.17) is 5.73 Å². The van der Waals surface area contributed by atoms with Crippen molar-refractivity contribution in [3.8, 4) is 11.1 Å². The van der Waals surface area contributed by atoms with Crippen LogP contribution in [-0.4, -0.2) is 15.0 Å². The van der Waals surface area contributed by atoms with Gasteiger partial charge in [0.05, 0.1) is 11.0 Å². The van der Waals surface area contributed by atoms with E-state index in [1.165, 1.54) is 0 Å². The molecular weight excluding hydrogens is 224 g/mol. The lowest BCUT2D eigenvalue weighted by Crippen LogP contribution is -1.94. The van der Waals surface area contributed by atoms with Crippen molar-refractivity contribution in [1.29, 1.82) is 0 Å². The summed E-state index contributed by atoms with van der Waals surface area (Å²) in [5.41, 5.74) is 10.5. The molecule has 0 aromatic carbocycles. The molecule has 3 aromatic rings. The van der Waals surface area contributed by atoms with Gasteiger partial charge in [0.15, 0.2) is 0 Å². The van der Waals surface area contributed by atoms with E-state index in [9.17, 15) is 0 Å². The molecule has 0 radical (unpaired) electrons. The molecule has 4 heteroatoms. The van der Waals surface area contributed by atoms with Crippen LogP contribution in [0.15, 0.2) is 42.9 Å². The van der Waals surface area contributed by atoms with Gasteiger partial charge in [0.1, 0.15) is 5.82 Å². The highest BCUT2D eigenvalue weighted by Gasteiger charge is 2.05. The van der Waals surface area contributed by atoms with Crippen molar-refractivity contribution in [3.05, 3.63) is 48.4 Å². The Labute approximate surface area is 105 Å². The van der Waals surface area contributed by atoms with E-state index in [1.54, 1.807) is 6.20 Å². The first-order chi connectivity index (χ1) is 8.74. The van der Waals surface area contributed by atoms with Crippen LogP contribution in [0.3, 0.4) is 0 Å². The van der Waals surface area contributed by atoms with Crippen LogP contribution >= 0.6 is 0 Å². The molecule has 2 N–H and O–H groups in total. The van der Waals surface area contributed by atoms with Crippen molar-refractivity contribution in [3.63, 3.8) is 0 Å². The van der Waals surface area contributed by atoms with E-state index in [-0.39, 0.29) is 0 Å². The predicted molar refractivity (Wildman–Crippen MR) is 71.9 cm³/mol. The summed E-state index contributed by atoms with van der Waals surface area (Å²) in [7, 11) is 0. The maximum absolute atomic E-state index is 5.76. The van der Waals surface area contributed by atoms with Gasteiger partial charge in [0.25, 0.3) is 0 Å². The van der Waals surface area contributed by atoms with Gasteiger partial charge in [0.2, 0.25) is 0 Å². The Hall–Kier alpha value is -2.49. The topological polar surface area (TPSA) is 64.7 Å². The standard InChI is InChI=1S/C14H12N4/c1-9-5-13(15)18-12-6-11(8-17-14(9)12)10-3-2-4-16-7-10/h2-8H,1H3,(H2,15,18). The van der Waals surface area contributed by atoms with Crippen molar-refractivity contribution >= 4 is 16.9 Å². The Morgan fingerprint density at radius 1 is 1.11 bits per heavy atom. The highest BCUT2D eigenvalue weighted by molar-refractivity contribution is 5.83. The zero-order valence-electron chi connectivity index (χ0n) is 9.96. The molecule has 0 aliphatic rings. The molecule has 0 bridgehead atoms. The Morgan fingerprint density at radius 3 is 2.78 bits per heavy atom. The monoisotopic (exact) mass is 236 g/mol. The molecule has 0 aliphatic heterocycles. The molecule has 3 heterocycles. The van der Waals surface area contributed by atoms with Crippen molar-refractivity contribution in [2.75, 3.05) is 5.73 Å². The second-order valence-electron chi connectivity index (χ2n) is 4.20. The first kappa shape index (κ1) is 10.7. The quantitative estimate of drug-likeness (QED) is 0.705. The van der Waals surface area contributed by atoms with Crippen LogP contribution in [0.1, 0.15) is 5.56 Å². The van der Waals surface area contributed by atoms with Crippen LogP contribution in [0.4, 0.5) is 5.82 Å². The molecule has 0 amide bonds. The minimum absolute atomic E-state index is 0.519. The number of nitrogens with two attached hydrogens (primary N) is 1. The first-order valence-corrected chi connectivity index (χ1v) is 5.67. The molecule has 88 valence electrons. The van der Waals surface area contributed by atoms with Crippen molar-refractivity contribution in [1.82, 2.24) is 15.0 Å². The predicted octanol–water partition coefficient (Wildman–Crippen LogP) is 2.58. The number of rotatable bonds is 1. The molecule has 0 aliphatic carbocycles. The molecule has 0 spiro atoms. The zero-order valence-corrected chi connectivity index (χ0v) is 9.96. The summed E-state index contributed by atoms with van der Waals surface area (Å²) in [6.07, 6.45) is 5.39. The van der Waals surface area contributed by atoms with Gasteiger partial charge in [-0.15, -0.1) is 0 Å². The highest BCUT2D eigenvalue weighted by Crippen LogP contribution is 2.23. The normalized spacial score (nSPS) is 10.7. The number of hydrogen-bond donors (Lipinski definition) is 1. The second kappa shape index (κ2) is 4.07. The molecular formula is C14H12N4. The molecule has 0 atom stereocenters. The van der Waals surface area contributed by atoms with Gasteiger partial charge >= 0.3 is 0 Å². The first-order valence-electron chi connectivity index (χ1n) is 5.67. The molecule has 3 rings (SSSR count). The molecule has 0 saturated carbocycles. The number of anilines is 1. The molecule has 3 aromatic heterocycles. The van der Waals surface area contributed by atoms with Gasteiger partial charge in [-0.3, -0.25) is 9.97 Å². The van der Waals surface area contributed by atoms with Gasteiger partial charge < -0.3 is 5.73 Å². The second-order valence-corrected chi connectivity index (χ2v) is 4.20. The number of nitrogen functional groups attached to an aromatic ring is 1. The average Bonchev–Trinajstić information content (AvgIpc) is 2.39. The Bertz CT molecular complexity index is 708. The van der Waals surface area contributed by atoms with Crippen LogP contribution in [0.2, 0.25) is 0 Å². The fourth-order valence-corrected chi connectivity index (χ4v) is 2.00. The fourth-order valence-electron chi connectivity index (χ4n) is 2.00. The largest absolute Gasteiger partial charge is 0.384 e. The fraction of sp³-hybridized carbons (Fsp3) is 0.0714. The lowest BCUT2D eigenvalue weighted by Gasteiger charge is -2.05. The van der Waals surface area contributed by atoms with Gasteiger partial charge in [-0.25, -0.2) is 4.98 Å². The van der Waals surface area contributed by atoms with Crippen LogP contribution in [-0.2, 0) is 0 Å². The number of pyridine rings is 3. The van der Waals surface area contributed by atoms with E-state index in [0.717, 1.165) is 27.7 Å². The van der Waals surface area contributed by atoms with E-state index >= 15 is 0 Å². The summed E-state index contributed by atoms with van der Waals surface area (Å²) in [4.78, 5) is 12.9. The Kier molecular flexibility index (Phi) is 2.41. The number of aryl methyl sites for hydroxylation is 1. The third kappa shape index (κ3) is 1.78. The van der Waals surface area contributed by atoms with Gasteiger partial charge in [-0.05, 0) is 30.7 Å². The van der Waals surface area contributed by atoms with Crippen LogP contribution in [0, 0.1) is 6.92 Å². The lowest BCUT2D eigenvalue weighted by atomic mass is 10.1. The lowest BCUT2D eigenvalue weighted by molar-refractivity contribution is 1.29. The van der Waals surface area contributed by atoms with Gasteiger partial charge in [-0.2, -0.15) is 0 Å². The summed E-state index contributed by atoms with van der Waals surface area (Å²) in [5, 5.41) is 0. The van der Waals surface area contributed by atoms with Crippen LogP contribution < -0.4 is 5.73 Å². The van der Waals surface area contributed by atoms with Crippen LogP contribution in [0.5, 0.6) is 0 Å². The van der Waals surface area contributed by atoms with E-state index in [2.05, 4.69) is 15.0 Å². The van der Waals surface area contributed by atoms with Crippen molar-refractivity contribution < 1.29 is 0 Å². The van der Waals surface area contributed by atoms with Crippen molar-refractivity contribution in [2.24, 2.45) is 0 Å². The molecule has 4 nitrogen and oxygen atoms in total. The third-order valence-electron chi connectivity index (χ3n) is 2.85. The zero-order chi connectivity index (χ0) is 12.5. The SMILES string of the molecule is Cc1cc(N)nc2cc(-c3cccnc3)cnc12. The van der Waals surface area contributed by atoms with Crippen LogP contribution in [0.25, 0.3) is 22.2 Å². The summed E-state index contributed by atoms with van der Waals surface area (Å²) >= 11 is 0. The molecule has 0 fully saturated rings. The van der Waals surface area contributed by atoms with Gasteiger partial charge in [0, 0.05) is 29.7 Å². The molecule has 0 saturated heterocycles. The Morgan fingerprint density at radius 2 is 2.00 bits per heavy atom. The molecule has 18 heavy (non-hydrogen) atoms. The number of aromatic nitrogens is 3. The summed E-state index contributed by atoms with van der Waals surface area (Å²) in [6.45, 7) is 1.98. The summed E-state index contributed by atoms with van der Waals surface area (Å²) < 4.78 is 0. The number of fused-ring (bicyclic) bond motifs is 1. The third-order valence-corrected chi connectivity index (χ3v) is 2.85. The smallest absolute Gasteiger partial charge is 0.124 e. The Balaban J connectivity index is 2.23. The summed E-state index contributed by atoms with van der Waals surface area (Å²) in [6, 6.07) is 7.72. The minimum Gasteiger partial charge on any atom is -0.384 e. The summed E-state index contributed by atoms with van der Waals surface area (Å²) in [5.74, 6) is 0.519. The van der Waals surface area contributed by atoms with Crippen molar-refractivity contribution in [2.45, 2.75) is 6.92 Å². The highest BCUT2D eigenvalue weighted by atomic mass is 14.9. The van der Waals surface area contributed by atoms with Gasteiger partial charge in [-0.1, -0.05) is 6.07 Å². The van der Waals surface area contributed by atoms with E-state index in [1.807, 2.05) is 43.6 Å². The van der Waals surface area contributed by atoms with E-state index < -0.39 is 0 Å². The van der Waals surface area contributed by atoms with E-state index in [0.29, 0.717) is 5.82 Å². The maximum Gasteiger partial charge on any atom is 0.124 e. The molecule has 0 unspecified atom stereocenters. The minimum atomic E-state index is 0.519. The average molecular weight is 236 g/mol.